The summed E-state index contributed by atoms with van der Waals surface area (Å²) in [4.78, 5) is 10.6. The van der Waals surface area contributed by atoms with Crippen LogP contribution in [0.1, 0.15) is 6.92 Å². The molecule has 10 heteroatoms. The first-order chi connectivity index (χ1) is 13.1. The molecule has 0 saturated heterocycles. The van der Waals surface area contributed by atoms with Gasteiger partial charge in [-0.2, -0.15) is 5.10 Å². The van der Waals surface area contributed by atoms with Crippen molar-refractivity contribution < 1.29 is 5.11 Å². The second-order valence-electron chi connectivity index (χ2n) is 5.75. The largest absolute Gasteiger partial charge is 0.394 e. The van der Waals surface area contributed by atoms with Crippen LogP contribution in [0.25, 0.3) is 11.3 Å². The number of nitrogens with zero attached hydrogens (tertiary/aromatic N) is 4. The van der Waals surface area contributed by atoms with Crippen LogP contribution < -0.4 is 16.4 Å². The van der Waals surface area contributed by atoms with Gasteiger partial charge in [-0.25, -0.2) is 9.97 Å². The molecule has 0 bridgehead atoms. The summed E-state index contributed by atoms with van der Waals surface area (Å²) in [5, 5.41) is 27.5. The van der Waals surface area contributed by atoms with E-state index in [0.717, 1.165) is 21.9 Å². The first-order valence-corrected chi connectivity index (χ1v) is 9.33. The van der Waals surface area contributed by atoms with Crippen LogP contribution >= 0.6 is 11.8 Å². The lowest BCUT2D eigenvalue weighted by Crippen LogP contribution is -2.08. The summed E-state index contributed by atoms with van der Waals surface area (Å²) in [6.07, 6.45) is 8.75. The van der Waals surface area contributed by atoms with Gasteiger partial charge in [-0.15, -0.1) is 0 Å². The molecule has 0 amide bonds. The standard InChI is InChI=1S/C17H22N8OS/c1-2-20-9-15-13(18)5-12(27-15)7-22-17-16(19)21-8-14(24-17)11-6-23-25(10-11)3-4-26/h5-6,8-10,18,20,26H,2-4,7H2,1H3,(H2,19,21)(H,22,24)/b15-9+,18-13?. The van der Waals surface area contributed by atoms with Gasteiger partial charge in [0, 0.05) is 36.0 Å². The van der Waals surface area contributed by atoms with Gasteiger partial charge in [0.15, 0.2) is 11.6 Å². The number of allylic oxidation sites excluding steroid dienone is 2. The Labute approximate surface area is 161 Å². The number of aliphatic hydroxyl groups excluding tert-OH is 1. The molecule has 2 aromatic heterocycles. The van der Waals surface area contributed by atoms with Crippen molar-refractivity contribution in [3.63, 3.8) is 0 Å². The molecule has 0 saturated carbocycles. The van der Waals surface area contributed by atoms with Crippen molar-refractivity contribution in [2.24, 2.45) is 0 Å². The Bertz CT molecular complexity index is 889. The topological polar surface area (TPSA) is 138 Å². The molecule has 3 rings (SSSR count). The molecule has 2 aromatic rings. The number of nitrogens with one attached hydrogen (secondary N) is 3. The van der Waals surface area contributed by atoms with Crippen LogP contribution in [-0.4, -0.2) is 50.3 Å². The van der Waals surface area contributed by atoms with E-state index in [2.05, 4.69) is 25.7 Å². The molecule has 1 aliphatic rings. The van der Waals surface area contributed by atoms with E-state index in [-0.39, 0.29) is 6.61 Å². The quantitative estimate of drug-likeness (QED) is 0.459. The van der Waals surface area contributed by atoms with E-state index >= 15 is 0 Å². The summed E-state index contributed by atoms with van der Waals surface area (Å²) in [6.45, 7) is 3.78. The molecular formula is C17H22N8OS. The van der Waals surface area contributed by atoms with Crippen LogP contribution in [0.5, 0.6) is 0 Å². The highest BCUT2D eigenvalue weighted by atomic mass is 32.2. The van der Waals surface area contributed by atoms with E-state index in [1.165, 1.54) is 11.8 Å². The van der Waals surface area contributed by atoms with E-state index in [0.29, 0.717) is 36.1 Å². The SMILES string of the molecule is CCN/C=C1/SC(CNc2nc(-c3cnn(CCO)c3)cnc2N)=CC1=N. The highest BCUT2D eigenvalue weighted by molar-refractivity contribution is 8.08. The number of nitrogen functional groups attached to an aromatic ring is 1. The monoisotopic (exact) mass is 386 g/mol. The van der Waals surface area contributed by atoms with E-state index in [1.54, 1.807) is 23.3 Å². The second kappa shape index (κ2) is 8.69. The predicted octanol–water partition coefficient (Wildman–Crippen LogP) is 1.43. The summed E-state index contributed by atoms with van der Waals surface area (Å²) in [5.74, 6) is 0.795. The fraction of sp³-hybridized carbons (Fsp3) is 0.294. The van der Waals surface area contributed by atoms with E-state index in [9.17, 15) is 0 Å². The van der Waals surface area contributed by atoms with Gasteiger partial charge in [-0.3, -0.25) is 10.1 Å². The second-order valence-corrected chi connectivity index (χ2v) is 6.92. The maximum Gasteiger partial charge on any atom is 0.169 e. The van der Waals surface area contributed by atoms with Crippen molar-refractivity contribution in [3.05, 3.63) is 40.7 Å². The molecule has 3 heterocycles. The Hall–Kier alpha value is -2.85. The first kappa shape index (κ1) is 18.9. The number of thioether (sulfide) groups is 1. The van der Waals surface area contributed by atoms with Crippen LogP contribution in [0.2, 0.25) is 0 Å². The number of anilines is 2. The van der Waals surface area contributed by atoms with Gasteiger partial charge >= 0.3 is 0 Å². The average Bonchev–Trinajstić information content (AvgIpc) is 3.26. The van der Waals surface area contributed by atoms with Gasteiger partial charge in [-0.1, -0.05) is 11.8 Å². The summed E-state index contributed by atoms with van der Waals surface area (Å²) in [6, 6.07) is 0. The van der Waals surface area contributed by atoms with Gasteiger partial charge in [0.1, 0.15) is 0 Å². The predicted molar refractivity (Wildman–Crippen MR) is 108 cm³/mol. The van der Waals surface area contributed by atoms with Crippen molar-refractivity contribution in [2.45, 2.75) is 13.5 Å². The fourth-order valence-electron chi connectivity index (χ4n) is 2.41. The maximum absolute atomic E-state index is 8.99. The number of nitrogens with two attached hydrogens (primary N) is 1. The van der Waals surface area contributed by atoms with Gasteiger partial charge in [0.2, 0.25) is 0 Å². The number of hydrogen-bond donors (Lipinski definition) is 5. The normalized spacial score (nSPS) is 15.3. The third kappa shape index (κ3) is 4.66. The molecule has 9 nitrogen and oxygen atoms in total. The third-order valence-electron chi connectivity index (χ3n) is 3.74. The van der Waals surface area contributed by atoms with Crippen LogP contribution in [-0.2, 0) is 6.54 Å². The van der Waals surface area contributed by atoms with E-state index in [1.807, 2.05) is 19.2 Å². The zero-order chi connectivity index (χ0) is 19.2. The zero-order valence-corrected chi connectivity index (χ0v) is 15.8. The van der Waals surface area contributed by atoms with Crippen LogP contribution in [0, 0.1) is 5.41 Å². The van der Waals surface area contributed by atoms with Crippen molar-refractivity contribution in [3.8, 4) is 11.3 Å². The highest BCUT2D eigenvalue weighted by Gasteiger charge is 2.17. The maximum atomic E-state index is 8.99. The van der Waals surface area contributed by atoms with Crippen molar-refractivity contribution in [1.82, 2.24) is 25.1 Å². The molecule has 1 aliphatic heterocycles. The fourth-order valence-corrected chi connectivity index (χ4v) is 3.32. The molecule has 142 valence electrons. The lowest BCUT2D eigenvalue weighted by atomic mass is 10.2. The Morgan fingerprint density at radius 3 is 3.04 bits per heavy atom. The number of rotatable bonds is 8. The van der Waals surface area contributed by atoms with Gasteiger partial charge in [0.25, 0.3) is 0 Å². The summed E-state index contributed by atoms with van der Waals surface area (Å²) in [7, 11) is 0. The number of aromatic nitrogens is 4. The Morgan fingerprint density at radius 2 is 2.26 bits per heavy atom. The molecule has 6 N–H and O–H groups in total. The van der Waals surface area contributed by atoms with Crippen LogP contribution in [0.15, 0.2) is 40.7 Å². The summed E-state index contributed by atoms with van der Waals surface area (Å²) in [5.41, 5.74) is 7.87. The molecule has 0 atom stereocenters. The lowest BCUT2D eigenvalue weighted by molar-refractivity contribution is 0.269. The van der Waals surface area contributed by atoms with Gasteiger partial charge < -0.3 is 21.5 Å². The lowest BCUT2D eigenvalue weighted by Gasteiger charge is -2.09. The average molecular weight is 386 g/mol. The molecule has 0 spiro atoms. The van der Waals surface area contributed by atoms with Gasteiger partial charge in [0.05, 0.1) is 41.9 Å². The van der Waals surface area contributed by atoms with Crippen LogP contribution in [0.3, 0.4) is 0 Å². The molecule has 0 unspecified atom stereocenters. The molecule has 27 heavy (non-hydrogen) atoms. The number of aliphatic hydroxyl groups is 1. The molecule has 0 fully saturated rings. The van der Waals surface area contributed by atoms with Gasteiger partial charge in [-0.05, 0) is 13.0 Å². The minimum atomic E-state index is 0.0212. The molecule has 0 aliphatic carbocycles. The molecular weight excluding hydrogens is 364 g/mol. The Kier molecular flexibility index (Phi) is 6.09. The Balaban J connectivity index is 1.68. The van der Waals surface area contributed by atoms with Crippen LogP contribution in [0.4, 0.5) is 11.6 Å². The van der Waals surface area contributed by atoms with E-state index < -0.39 is 0 Å². The highest BCUT2D eigenvalue weighted by Crippen LogP contribution is 2.33. The summed E-state index contributed by atoms with van der Waals surface area (Å²) < 4.78 is 1.64. The molecule has 0 aromatic carbocycles. The van der Waals surface area contributed by atoms with Crippen molar-refractivity contribution in [2.75, 3.05) is 30.7 Å². The zero-order valence-electron chi connectivity index (χ0n) is 14.9. The minimum absolute atomic E-state index is 0.0212. The summed E-state index contributed by atoms with van der Waals surface area (Å²) >= 11 is 1.54. The number of hydrogen-bond acceptors (Lipinski definition) is 9. The first-order valence-electron chi connectivity index (χ1n) is 8.51. The third-order valence-corrected chi connectivity index (χ3v) is 4.82. The van der Waals surface area contributed by atoms with Crippen molar-refractivity contribution >= 4 is 29.1 Å². The minimum Gasteiger partial charge on any atom is -0.394 e. The Morgan fingerprint density at radius 1 is 1.41 bits per heavy atom. The van der Waals surface area contributed by atoms with Crippen molar-refractivity contribution in [1.29, 1.82) is 5.41 Å². The molecule has 0 radical (unpaired) electrons. The van der Waals surface area contributed by atoms with E-state index in [4.69, 9.17) is 16.2 Å². The smallest absolute Gasteiger partial charge is 0.169 e.